The third-order valence-corrected chi connectivity index (χ3v) is 4.14. The van der Waals surface area contributed by atoms with Crippen LogP contribution >= 0.6 is 11.3 Å². The molecule has 3 aromatic rings. The predicted molar refractivity (Wildman–Crippen MR) is 81.3 cm³/mol. The van der Waals surface area contributed by atoms with Crippen LogP contribution in [0.3, 0.4) is 0 Å². The lowest BCUT2D eigenvalue weighted by Gasteiger charge is -2.02. The second kappa shape index (κ2) is 5.51. The Bertz CT molecular complexity index is 728. The summed E-state index contributed by atoms with van der Waals surface area (Å²) in [7, 11) is 0. The van der Waals surface area contributed by atoms with E-state index in [-0.39, 0.29) is 6.42 Å². The van der Waals surface area contributed by atoms with Crippen LogP contribution in [0, 0.1) is 0 Å². The first kappa shape index (κ1) is 12.9. The zero-order valence-corrected chi connectivity index (χ0v) is 11.8. The molecule has 0 aliphatic heterocycles. The van der Waals surface area contributed by atoms with Gasteiger partial charge in [-0.2, -0.15) is 11.3 Å². The van der Waals surface area contributed by atoms with Gasteiger partial charge in [-0.05, 0) is 40.4 Å². The first-order valence-electron chi connectivity index (χ1n) is 6.53. The molecule has 0 amide bonds. The van der Waals surface area contributed by atoms with E-state index in [1.54, 1.807) is 11.3 Å². The van der Waals surface area contributed by atoms with E-state index >= 15 is 0 Å². The van der Waals surface area contributed by atoms with E-state index in [0.717, 1.165) is 17.5 Å². The molecule has 0 atom stereocenters. The fourth-order valence-corrected chi connectivity index (χ4v) is 3.13. The van der Waals surface area contributed by atoms with E-state index in [0.29, 0.717) is 6.42 Å². The number of rotatable bonds is 5. The van der Waals surface area contributed by atoms with Gasteiger partial charge in [0.25, 0.3) is 0 Å². The lowest BCUT2D eigenvalue weighted by molar-refractivity contribution is -0.136. The Morgan fingerprint density at radius 3 is 2.85 bits per heavy atom. The van der Waals surface area contributed by atoms with Gasteiger partial charge in [-0.25, -0.2) is 0 Å². The second-order valence-corrected chi connectivity index (χ2v) is 5.60. The largest absolute Gasteiger partial charge is 0.481 e. The molecule has 2 aromatic heterocycles. The number of aliphatic carboxylic acids is 1. The number of hydrogen-bond acceptors (Lipinski definition) is 2. The molecule has 0 unspecified atom stereocenters. The lowest BCUT2D eigenvalue weighted by Crippen LogP contribution is -1.98. The Hall–Kier alpha value is -2.07. The van der Waals surface area contributed by atoms with Crippen molar-refractivity contribution in [2.75, 3.05) is 0 Å². The molecule has 0 saturated carbocycles. The number of para-hydroxylation sites is 1. The van der Waals surface area contributed by atoms with Crippen molar-refractivity contribution < 1.29 is 9.90 Å². The molecule has 0 fully saturated rings. The first-order chi connectivity index (χ1) is 9.74. The van der Waals surface area contributed by atoms with E-state index in [1.807, 2.05) is 12.1 Å². The monoisotopic (exact) mass is 285 g/mol. The number of benzene rings is 1. The van der Waals surface area contributed by atoms with Gasteiger partial charge in [0.1, 0.15) is 0 Å². The number of fused-ring (bicyclic) bond motifs is 1. The molecule has 20 heavy (non-hydrogen) atoms. The average Bonchev–Trinajstić information content (AvgIpc) is 3.06. The molecule has 0 spiro atoms. The summed E-state index contributed by atoms with van der Waals surface area (Å²) in [5, 5.41) is 14.2. The minimum absolute atomic E-state index is 0.173. The van der Waals surface area contributed by atoms with Crippen LogP contribution in [0.1, 0.15) is 17.5 Å². The van der Waals surface area contributed by atoms with Gasteiger partial charge in [0.15, 0.2) is 0 Å². The number of hydrogen-bond donors (Lipinski definition) is 1. The fourth-order valence-electron chi connectivity index (χ4n) is 2.47. The van der Waals surface area contributed by atoms with Crippen molar-refractivity contribution in [3.8, 4) is 0 Å². The number of thiophene rings is 1. The third kappa shape index (κ3) is 2.60. The average molecular weight is 285 g/mol. The third-order valence-electron chi connectivity index (χ3n) is 3.41. The van der Waals surface area contributed by atoms with E-state index in [1.165, 1.54) is 11.1 Å². The number of carbonyl (C=O) groups is 1. The fraction of sp³-hybridized carbons (Fsp3) is 0.188. The summed E-state index contributed by atoms with van der Waals surface area (Å²) in [5.74, 6) is -0.750. The summed E-state index contributed by atoms with van der Waals surface area (Å²) in [6, 6.07) is 10.3. The Morgan fingerprint density at radius 2 is 2.10 bits per heavy atom. The van der Waals surface area contributed by atoms with Crippen LogP contribution in [-0.4, -0.2) is 15.6 Å². The summed E-state index contributed by atoms with van der Waals surface area (Å²) in [5.41, 5.74) is 3.55. The molecular formula is C16H15NO2S. The predicted octanol–water partition coefficient (Wildman–Crippen LogP) is 3.77. The molecule has 4 heteroatoms. The molecule has 0 bridgehead atoms. The highest BCUT2D eigenvalue weighted by molar-refractivity contribution is 7.07. The summed E-state index contributed by atoms with van der Waals surface area (Å²) < 4.78 is 2.20. The van der Waals surface area contributed by atoms with Crippen LogP contribution < -0.4 is 0 Å². The molecule has 1 aromatic carbocycles. The summed E-state index contributed by atoms with van der Waals surface area (Å²) in [6.07, 6.45) is 2.84. The summed E-state index contributed by atoms with van der Waals surface area (Å²) in [6.45, 7) is 0.830. The van der Waals surface area contributed by atoms with Crippen LogP contribution in [0.4, 0.5) is 0 Å². The molecule has 0 aliphatic carbocycles. The van der Waals surface area contributed by atoms with Crippen LogP contribution in [0.25, 0.3) is 10.9 Å². The minimum atomic E-state index is -0.750. The normalized spacial score (nSPS) is 11.0. The zero-order chi connectivity index (χ0) is 13.9. The maximum Gasteiger partial charge on any atom is 0.303 e. The van der Waals surface area contributed by atoms with Crippen LogP contribution in [0.5, 0.6) is 0 Å². The van der Waals surface area contributed by atoms with Crippen LogP contribution in [0.2, 0.25) is 0 Å². The maximum atomic E-state index is 10.8. The SMILES string of the molecule is O=C(O)CCc1cn(Cc2ccsc2)c2ccccc12. The zero-order valence-electron chi connectivity index (χ0n) is 11.0. The second-order valence-electron chi connectivity index (χ2n) is 4.82. The molecule has 0 radical (unpaired) electrons. The molecular weight excluding hydrogens is 270 g/mol. The van der Waals surface area contributed by atoms with Crippen molar-refractivity contribution in [1.82, 2.24) is 4.57 Å². The van der Waals surface area contributed by atoms with E-state index in [2.05, 4.69) is 39.7 Å². The van der Waals surface area contributed by atoms with Crippen LogP contribution in [0.15, 0.2) is 47.3 Å². The molecule has 2 heterocycles. The highest BCUT2D eigenvalue weighted by Crippen LogP contribution is 2.24. The lowest BCUT2D eigenvalue weighted by atomic mass is 10.1. The Balaban J connectivity index is 1.97. The highest BCUT2D eigenvalue weighted by Gasteiger charge is 2.09. The van der Waals surface area contributed by atoms with Gasteiger partial charge >= 0.3 is 5.97 Å². The van der Waals surface area contributed by atoms with Crippen molar-refractivity contribution >= 4 is 28.2 Å². The molecule has 3 nitrogen and oxygen atoms in total. The Labute approximate surface area is 121 Å². The number of carboxylic acids is 1. The maximum absolute atomic E-state index is 10.8. The topological polar surface area (TPSA) is 42.2 Å². The molecule has 0 saturated heterocycles. The van der Waals surface area contributed by atoms with Gasteiger partial charge in [0, 0.05) is 30.1 Å². The van der Waals surface area contributed by atoms with Crippen molar-refractivity contribution in [2.24, 2.45) is 0 Å². The van der Waals surface area contributed by atoms with Crippen LogP contribution in [-0.2, 0) is 17.8 Å². The van der Waals surface area contributed by atoms with Crippen molar-refractivity contribution in [3.63, 3.8) is 0 Å². The van der Waals surface area contributed by atoms with Gasteiger partial charge in [-0.15, -0.1) is 0 Å². The van der Waals surface area contributed by atoms with Gasteiger partial charge in [0.05, 0.1) is 0 Å². The molecule has 1 N–H and O–H groups in total. The van der Waals surface area contributed by atoms with Crippen molar-refractivity contribution in [1.29, 1.82) is 0 Å². The van der Waals surface area contributed by atoms with E-state index < -0.39 is 5.97 Å². The summed E-state index contributed by atoms with van der Waals surface area (Å²) >= 11 is 1.69. The Kier molecular flexibility index (Phi) is 3.56. The first-order valence-corrected chi connectivity index (χ1v) is 7.48. The number of aryl methyl sites for hydroxylation is 1. The van der Waals surface area contributed by atoms with Gasteiger partial charge < -0.3 is 9.67 Å². The quantitative estimate of drug-likeness (QED) is 0.775. The van der Waals surface area contributed by atoms with Crippen molar-refractivity contribution in [2.45, 2.75) is 19.4 Å². The number of aromatic nitrogens is 1. The van der Waals surface area contributed by atoms with E-state index in [4.69, 9.17) is 5.11 Å². The van der Waals surface area contributed by atoms with Crippen molar-refractivity contribution in [3.05, 3.63) is 58.4 Å². The number of carboxylic acid groups (broad SMARTS) is 1. The molecule has 3 rings (SSSR count). The highest BCUT2D eigenvalue weighted by atomic mass is 32.1. The molecule has 0 aliphatic rings. The smallest absolute Gasteiger partial charge is 0.303 e. The minimum Gasteiger partial charge on any atom is -0.481 e. The molecule has 102 valence electrons. The van der Waals surface area contributed by atoms with Gasteiger partial charge in [-0.3, -0.25) is 4.79 Å². The van der Waals surface area contributed by atoms with Gasteiger partial charge in [0.2, 0.25) is 0 Å². The van der Waals surface area contributed by atoms with Gasteiger partial charge in [-0.1, -0.05) is 18.2 Å². The Morgan fingerprint density at radius 1 is 1.25 bits per heavy atom. The van der Waals surface area contributed by atoms with E-state index in [9.17, 15) is 4.79 Å². The number of nitrogens with zero attached hydrogens (tertiary/aromatic N) is 1. The summed E-state index contributed by atoms with van der Waals surface area (Å²) in [4.78, 5) is 10.8. The standard InChI is InChI=1S/C16H15NO2S/c18-16(19)6-5-13-10-17(9-12-7-8-20-11-12)15-4-2-1-3-14(13)15/h1-4,7-8,10-11H,5-6,9H2,(H,18,19).